The van der Waals surface area contributed by atoms with Crippen molar-refractivity contribution >= 4 is 32.5 Å². The van der Waals surface area contributed by atoms with Crippen molar-refractivity contribution in [2.75, 3.05) is 6.61 Å². The zero-order valence-corrected chi connectivity index (χ0v) is 57.6. The molecule has 446 valence electrons. The minimum atomic E-state index is -1.83. The van der Waals surface area contributed by atoms with Gasteiger partial charge in [0.25, 0.3) is 0 Å². The average molecular weight is 1130 g/mol. The molecule has 0 aromatic heterocycles. The molecule has 1 aliphatic heterocycles. The fourth-order valence-corrected chi connectivity index (χ4v) is 19.5. The van der Waals surface area contributed by atoms with Crippen LogP contribution in [0.25, 0.3) is 0 Å². The molecule has 1 unspecified atom stereocenters. The number of hydrogen-bond donors (Lipinski definition) is 0. The third-order valence-electron chi connectivity index (χ3n) is 16.8. The number of hydrogen-bond acceptors (Lipinski definition) is 3. The summed E-state index contributed by atoms with van der Waals surface area (Å²) in [5.74, 6) is 1.76. The first-order chi connectivity index (χ1) is 37.8. The van der Waals surface area contributed by atoms with E-state index >= 15 is 0 Å². The number of esters is 1. The third kappa shape index (κ3) is 22.4. The highest BCUT2D eigenvalue weighted by Gasteiger charge is 2.49. The van der Waals surface area contributed by atoms with Crippen LogP contribution in [0.5, 0.6) is 0 Å². The number of carbonyl (C=O) groups excluding carboxylic acids is 1. The van der Waals surface area contributed by atoms with Crippen LogP contribution in [0.1, 0.15) is 187 Å². The van der Waals surface area contributed by atoms with Crippen molar-refractivity contribution in [3.63, 3.8) is 0 Å². The van der Waals surface area contributed by atoms with Crippen LogP contribution in [0.3, 0.4) is 0 Å². The Morgan fingerprint density at radius 1 is 0.494 bits per heavy atom. The van der Waals surface area contributed by atoms with Crippen molar-refractivity contribution in [3.05, 3.63) is 204 Å². The van der Waals surface area contributed by atoms with Crippen LogP contribution in [-0.2, 0) is 26.1 Å². The second-order valence-corrected chi connectivity index (χ2v) is 39.6. The Balaban J connectivity index is 0.000000347. The van der Waals surface area contributed by atoms with Gasteiger partial charge in [-0.05, 0) is 102 Å². The fourth-order valence-electron chi connectivity index (χ4n) is 11.2. The average Bonchev–Trinajstić information content (AvgIpc) is 3.60. The lowest BCUT2D eigenvalue weighted by molar-refractivity contribution is -0.158. The van der Waals surface area contributed by atoms with Crippen molar-refractivity contribution in [3.8, 4) is 0 Å². The van der Waals surface area contributed by atoms with E-state index < -0.39 is 16.1 Å². The summed E-state index contributed by atoms with van der Waals surface area (Å²) in [6, 6.07) is 65.5. The van der Waals surface area contributed by atoms with Crippen LogP contribution in [0.2, 0.25) is 34.3 Å². The van der Waals surface area contributed by atoms with Gasteiger partial charge in [0.1, 0.15) is 13.7 Å². The summed E-state index contributed by atoms with van der Waals surface area (Å²) in [5, 5.41) is 3.94. The summed E-state index contributed by atoms with van der Waals surface area (Å²) in [7, 11) is -2.81. The van der Waals surface area contributed by atoms with Gasteiger partial charge in [0.2, 0.25) is 0 Å². The van der Waals surface area contributed by atoms with Gasteiger partial charge in [0.15, 0.2) is 0 Å². The van der Waals surface area contributed by atoms with Gasteiger partial charge in [-0.1, -0.05) is 336 Å². The summed E-state index contributed by atoms with van der Waals surface area (Å²) < 4.78 is 10.6. The highest BCUT2D eigenvalue weighted by atomic mass is 28.3. The molecule has 0 amide bonds. The molecule has 5 heteroatoms. The highest BCUT2D eigenvalue weighted by molar-refractivity contribution is 7.05. The molecule has 0 aliphatic carbocycles. The molecular weight excluding hydrogens is 1020 g/mol. The normalized spacial score (nSPS) is 14.0. The molecule has 6 aromatic carbocycles. The van der Waals surface area contributed by atoms with Crippen LogP contribution in [0.15, 0.2) is 182 Å². The van der Waals surface area contributed by atoms with Gasteiger partial charge in [-0.15, -0.1) is 0 Å². The fraction of sp³-hybridized carbons (Fsp3) is 0.513. The maximum atomic E-state index is 10.9. The first-order valence-corrected chi connectivity index (χ1v) is 36.1. The molecule has 1 aliphatic rings. The number of ether oxygens (including phenoxy) is 2. The lowest BCUT2D eigenvalue weighted by Gasteiger charge is -2.47. The molecular formula is C76H116O3Si2. The molecule has 0 N–H and O–H groups in total. The van der Waals surface area contributed by atoms with Crippen LogP contribution in [0, 0.1) is 23.7 Å². The van der Waals surface area contributed by atoms with E-state index in [4.69, 9.17) is 9.47 Å². The van der Waals surface area contributed by atoms with Gasteiger partial charge in [-0.2, -0.15) is 0 Å². The second kappa shape index (κ2) is 34.1. The number of carbonyl (C=O) groups is 1. The Labute approximate surface area is 500 Å². The Hall–Kier alpha value is -4.82. The topological polar surface area (TPSA) is 35.5 Å². The first kappa shape index (κ1) is 72.3. The molecule has 1 atom stereocenters. The summed E-state index contributed by atoms with van der Waals surface area (Å²) in [5.41, 5.74) is 6.58. The minimum absolute atomic E-state index is 0.0285. The van der Waals surface area contributed by atoms with Gasteiger partial charge >= 0.3 is 5.97 Å². The van der Waals surface area contributed by atoms with E-state index in [2.05, 4.69) is 306 Å². The zero-order valence-electron chi connectivity index (χ0n) is 55.6. The van der Waals surface area contributed by atoms with E-state index in [1.54, 1.807) is 10.4 Å². The predicted octanol–water partition coefficient (Wildman–Crippen LogP) is 21.1. The maximum absolute atomic E-state index is 10.9. The summed E-state index contributed by atoms with van der Waals surface area (Å²) in [6.45, 7) is 52.7. The van der Waals surface area contributed by atoms with Crippen LogP contribution in [0.4, 0.5) is 0 Å². The second-order valence-electron chi connectivity index (χ2n) is 28.1. The molecule has 1 heterocycles. The van der Waals surface area contributed by atoms with Crippen LogP contribution in [-0.4, -0.2) is 40.4 Å². The zero-order chi connectivity index (χ0) is 61.2. The molecule has 6 aromatic rings. The van der Waals surface area contributed by atoms with Crippen molar-refractivity contribution in [2.45, 2.75) is 222 Å². The molecule has 0 radical (unpaired) electrons. The summed E-state index contributed by atoms with van der Waals surface area (Å²) in [4.78, 5) is 10.9. The smallest absolute Gasteiger partial charge is 0.308 e. The lowest BCUT2D eigenvalue weighted by Crippen LogP contribution is -2.66. The minimum Gasteiger partial charge on any atom is -0.460 e. The van der Waals surface area contributed by atoms with Crippen molar-refractivity contribution < 1.29 is 14.3 Å². The Kier molecular flexibility index (Phi) is 30.4. The van der Waals surface area contributed by atoms with E-state index in [-0.39, 0.29) is 27.9 Å². The van der Waals surface area contributed by atoms with E-state index in [0.29, 0.717) is 28.5 Å². The standard InChI is InChI=1S/C22H22.C19H26Si.C10H14.C9H22Si.C8H16O2.C8H16O/c1-18(2)22(19-12-6-3-7-13-19,20-14-8-4-9-15-20)21-16-10-5-11-17-21;1-16(2)20(19(3,4)5,17-12-8-6-9-13-17)18-14-10-7-11-15-18;1-9(2)8-10-6-4-3-5-7-10;1-8(2)10(6,7)9(3,4)5;1-6(2)7(9)10-8(3,4)5;1-7(2)8-5-3-4-6-9-8/h3-18H,1-2H3;6-16H,1-5H3;3-7,9H,8H2,1-2H3;8H,1-7H3;6H,1-5H3;7-8H,3-6H2,1-2H3. The maximum Gasteiger partial charge on any atom is 0.308 e. The van der Waals surface area contributed by atoms with Gasteiger partial charge < -0.3 is 9.47 Å². The van der Waals surface area contributed by atoms with Gasteiger partial charge in [-0.25, -0.2) is 0 Å². The Bertz CT molecular complexity index is 2410. The highest BCUT2D eigenvalue weighted by Crippen LogP contribution is 2.46. The van der Waals surface area contributed by atoms with Crippen molar-refractivity contribution in [1.82, 2.24) is 0 Å². The van der Waals surface area contributed by atoms with E-state index in [1.807, 2.05) is 34.6 Å². The lowest BCUT2D eigenvalue weighted by atomic mass is 9.63. The summed E-state index contributed by atoms with van der Waals surface area (Å²) >= 11 is 0. The Morgan fingerprint density at radius 3 is 1.06 bits per heavy atom. The van der Waals surface area contributed by atoms with E-state index in [9.17, 15) is 4.79 Å². The molecule has 1 saturated heterocycles. The first-order valence-electron chi connectivity index (χ1n) is 30.9. The molecule has 7 rings (SSSR count). The molecule has 0 bridgehead atoms. The monoisotopic (exact) mass is 1130 g/mol. The third-order valence-corrected chi connectivity index (χ3v) is 30.1. The predicted molar refractivity (Wildman–Crippen MR) is 363 cm³/mol. The van der Waals surface area contributed by atoms with Gasteiger partial charge in [0.05, 0.1) is 20.1 Å². The Morgan fingerprint density at radius 2 is 0.852 bits per heavy atom. The number of rotatable bonds is 12. The summed E-state index contributed by atoms with van der Waals surface area (Å²) in [6.07, 6.45) is 5.66. The molecule has 0 spiro atoms. The largest absolute Gasteiger partial charge is 0.460 e. The van der Waals surface area contributed by atoms with Gasteiger partial charge in [0, 0.05) is 12.0 Å². The quantitative estimate of drug-likeness (QED) is 0.0696. The SMILES string of the molecule is CC(C)C(=O)OC(C)(C)C.CC(C)C(c1ccccc1)(c1ccccc1)c1ccccc1.CC(C)C1CCCCO1.CC(C)Cc1ccccc1.CC(C)[Si](C)(C)C(C)(C)C.CC(C)[Si](c1ccccc1)(c1ccccc1)C(C)(C)C. The number of benzene rings is 6. The molecule has 3 nitrogen and oxygen atoms in total. The van der Waals surface area contributed by atoms with Gasteiger partial charge in [-0.3, -0.25) is 4.79 Å². The van der Waals surface area contributed by atoms with E-state index in [1.165, 1.54) is 47.9 Å². The van der Waals surface area contributed by atoms with Crippen LogP contribution >= 0.6 is 0 Å². The van der Waals surface area contributed by atoms with Crippen LogP contribution < -0.4 is 10.4 Å². The molecule has 1 fully saturated rings. The van der Waals surface area contributed by atoms with Crippen molar-refractivity contribution in [2.24, 2.45) is 23.7 Å². The molecule has 0 saturated carbocycles. The van der Waals surface area contributed by atoms with E-state index in [0.717, 1.165) is 18.1 Å². The molecule has 81 heavy (non-hydrogen) atoms. The van der Waals surface area contributed by atoms with Crippen molar-refractivity contribution in [1.29, 1.82) is 0 Å².